The van der Waals surface area contributed by atoms with Crippen molar-refractivity contribution >= 4 is 23.6 Å². The van der Waals surface area contributed by atoms with Crippen LogP contribution in [0.4, 0.5) is 0 Å². The number of allylic oxidation sites excluding steroid dienone is 1. The van der Waals surface area contributed by atoms with Crippen molar-refractivity contribution in [1.82, 2.24) is 0 Å². The molecule has 0 heterocycles. The summed E-state index contributed by atoms with van der Waals surface area (Å²) in [6, 6.07) is 4.75. The number of ether oxygens (including phenoxy) is 1. The molecule has 0 spiro atoms. The molecule has 3 atom stereocenters. The highest BCUT2D eigenvalue weighted by Gasteiger charge is 2.30. The number of aliphatic hydroxyl groups is 2. The van der Waals surface area contributed by atoms with Gasteiger partial charge in [0, 0.05) is 5.92 Å². The largest absolute Gasteiger partial charge is 0.508 e. The molecule has 144 valence electrons. The van der Waals surface area contributed by atoms with Crippen LogP contribution < -0.4 is 0 Å². The van der Waals surface area contributed by atoms with Gasteiger partial charge in [0.1, 0.15) is 5.75 Å². The molecule has 0 aromatic heterocycles. The van der Waals surface area contributed by atoms with Gasteiger partial charge in [0.15, 0.2) is 6.10 Å². The fourth-order valence-electron chi connectivity index (χ4n) is 2.61. The molecule has 6 heteroatoms. The number of carbonyl (C=O) groups is 1. The second-order valence-electron chi connectivity index (χ2n) is 5.98. The van der Waals surface area contributed by atoms with Crippen LogP contribution in [0.1, 0.15) is 38.7 Å². The third-order valence-corrected chi connectivity index (χ3v) is 4.50. The Morgan fingerprint density at radius 2 is 2.04 bits per heavy atom. The number of phenols is 1. The van der Waals surface area contributed by atoms with E-state index < -0.39 is 24.1 Å². The van der Waals surface area contributed by atoms with Gasteiger partial charge in [0.25, 0.3) is 0 Å². The Bertz CT molecular complexity index is 641. The molecule has 0 radical (unpaired) electrons. The molecule has 0 saturated carbocycles. The van der Waals surface area contributed by atoms with E-state index in [0.717, 1.165) is 17.6 Å². The second-order valence-corrected chi connectivity index (χ2v) is 6.39. The van der Waals surface area contributed by atoms with Gasteiger partial charge in [-0.1, -0.05) is 36.2 Å². The summed E-state index contributed by atoms with van der Waals surface area (Å²) < 4.78 is 4.79. The summed E-state index contributed by atoms with van der Waals surface area (Å²) in [4.78, 5) is 11.7. The molecule has 0 aliphatic heterocycles. The van der Waals surface area contributed by atoms with Crippen molar-refractivity contribution in [2.24, 2.45) is 5.92 Å². The quantitative estimate of drug-likeness (QED) is 0.424. The SMILES string of the molecule is C=C[C@H]([C@H](O)CC/C(=C/c1ccc(O)cc1Cl)CC)[C@H](O)C(=O)OCC. The van der Waals surface area contributed by atoms with Crippen LogP contribution in [0.5, 0.6) is 5.75 Å². The van der Waals surface area contributed by atoms with Gasteiger partial charge in [-0.3, -0.25) is 0 Å². The maximum absolute atomic E-state index is 11.7. The summed E-state index contributed by atoms with van der Waals surface area (Å²) in [7, 11) is 0. The average molecular weight is 383 g/mol. The van der Waals surface area contributed by atoms with Crippen LogP contribution in [0, 0.1) is 5.92 Å². The predicted octanol–water partition coefficient (Wildman–Crippen LogP) is 3.71. The number of esters is 1. The average Bonchev–Trinajstić information content (AvgIpc) is 2.61. The minimum Gasteiger partial charge on any atom is -0.508 e. The number of hydrogen-bond acceptors (Lipinski definition) is 5. The lowest BCUT2D eigenvalue weighted by molar-refractivity contribution is -0.157. The van der Waals surface area contributed by atoms with Crippen LogP contribution in [-0.4, -0.2) is 40.1 Å². The van der Waals surface area contributed by atoms with Gasteiger partial charge in [0.05, 0.1) is 17.7 Å². The van der Waals surface area contributed by atoms with E-state index in [1.54, 1.807) is 19.1 Å². The molecule has 1 aromatic carbocycles. The number of benzene rings is 1. The molecule has 0 unspecified atom stereocenters. The van der Waals surface area contributed by atoms with E-state index in [0.29, 0.717) is 17.9 Å². The van der Waals surface area contributed by atoms with Crippen LogP contribution in [0.3, 0.4) is 0 Å². The molecule has 0 aliphatic rings. The van der Waals surface area contributed by atoms with Crippen molar-refractivity contribution in [1.29, 1.82) is 0 Å². The Hall–Kier alpha value is -1.82. The number of phenolic OH excluding ortho intramolecular Hbond substituents is 1. The first-order valence-corrected chi connectivity index (χ1v) is 9.05. The Labute approximate surface area is 159 Å². The summed E-state index contributed by atoms with van der Waals surface area (Å²) in [5.41, 5.74) is 1.83. The summed E-state index contributed by atoms with van der Waals surface area (Å²) in [5.74, 6) is -1.47. The number of aromatic hydroxyl groups is 1. The fourth-order valence-corrected chi connectivity index (χ4v) is 2.84. The standard InChI is InChI=1S/C20H27ClO5/c1-4-13(11-14-8-9-15(22)12-17(14)21)7-10-18(23)16(5-2)19(24)20(25)26-6-3/h5,8-9,11-12,16,18-19,22-24H,2,4,6-7,10H2,1,3H3/b13-11+/t16-,18-,19+/m1/s1. The number of hydrogen-bond donors (Lipinski definition) is 3. The van der Waals surface area contributed by atoms with Gasteiger partial charge < -0.3 is 20.1 Å². The summed E-state index contributed by atoms with van der Waals surface area (Å²) in [5, 5.41) is 30.3. The molecular weight excluding hydrogens is 356 g/mol. The number of halogens is 1. The Morgan fingerprint density at radius 3 is 2.58 bits per heavy atom. The molecule has 26 heavy (non-hydrogen) atoms. The molecular formula is C20H27ClO5. The van der Waals surface area contributed by atoms with E-state index in [-0.39, 0.29) is 12.4 Å². The molecule has 0 aliphatic carbocycles. The van der Waals surface area contributed by atoms with Crippen molar-refractivity contribution in [3.05, 3.63) is 47.0 Å². The van der Waals surface area contributed by atoms with Gasteiger partial charge >= 0.3 is 5.97 Å². The Balaban J connectivity index is 2.78. The number of carbonyl (C=O) groups excluding carboxylic acids is 1. The van der Waals surface area contributed by atoms with Crippen molar-refractivity contribution in [3.8, 4) is 5.75 Å². The summed E-state index contributed by atoms with van der Waals surface area (Å²) in [6.07, 6.45) is 2.58. The van der Waals surface area contributed by atoms with Crippen LogP contribution >= 0.6 is 11.6 Å². The first kappa shape index (κ1) is 22.2. The zero-order chi connectivity index (χ0) is 19.7. The minimum atomic E-state index is -1.44. The van der Waals surface area contributed by atoms with Gasteiger partial charge in [-0.05, 0) is 49.9 Å². The van der Waals surface area contributed by atoms with Gasteiger partial charge in [-0.2, -0.15) is 0 Å². The maximum atomic E-state index is 11.7. The first-order valence-electron chi connectivity index (χ1n) is 8.67. The zero-order valence-corrected chi connectivity index (χ0v) is 15.9. The van der Waals surface area contributed by atoms with Gasteiger partial charge in [0.2, 0.25) is 0 Å². The van der Waals surface area contributed by atoms with Crippen LogP contribution in [-0.2, 0) is 9.53 Å². The van der Waals surface area contributed by atoms with E-state index in [9.17, 15) is 20.1 Å². The fraction of sp³-hybridized carbons (Fsp3) is 0.450. The lowest BCUT2D eigenvalue weighted by atomic mass is 9.90. The van der Waals surface area contributed by atoms with Gasteiger partial charge in [-0.25, -0.2) is 4.79 Å². The molecule has 0 saturated heterocycles. The molecule has 1 aromatic rings. The lowest BCUT2D eigenvalue weighted by Crippen LogP contribution is -2.37. The normalized spacial score (nSPS) is 15.2. The predicted molar refractivity (Wildman–Crippen MR) is 103 cm³/mol. The molecule has 0 amide bonds. The molecule has 5 nitrogen and oxygen atoms in total. The Kier molecular flexibility index (Phi) is 9.41. The first-order chi connectivity index (χ1) is 12.3. The van der Waals surface area contributed by atoms with E-state index in [2.05, 4.69) is 6.58 Å². The summed E-state index contributed by atoms with van der Waals surface area (Å²) in [6.45, 7) is 7.40. The van der Waals surface area contributed by atoms with Crippen LogP contribution in [0.2, 0.25) is 5.02 Å². The van der Waals surface area contributed by atoms with Crippen molar-refractivity contribution < 1.29 is 24.9 Å². The highest BCUT2D eigenvalue weighted by atomic mass is 35.5. The summed E-state index contributed by atoms with van der Waals surface area (Å²) >= 11 is 6.12. The van der Waals surface area contributed by atoms with E-state index >= 15 is 0 Å². The topological polar surface area (TPSA) is 87.0 Å². The zero-order valence-electron chi connectivity index (χ0n) is 15.2. The molecule has 1 rings (SSSR count). The molecule has 0 bridgehead atoms. The van der Waals surface area contributed by atoms with E-state index in [1.807, 2.05) is 13.0 Å². The number of rotatable bonds is 10. The highest BCUT2D eigenvalue weighted by molar-refractivity contribution is 6.32. The van der Waals surface area contributed by atoms with Gasteiger partial charge in [-0.15, -0.1) is 6.58 Å². The maximum Gasteiger partial charge on any atom is 0.335 e. The highest BCUT2D eigenvalue weighted by Crippen LogP contribution is 2.26. The molecule has 3 N–H and O–H groups in total. The van der Waals surface area contributed by atoms with Crippen molar-refractivity contribution in [3.63, 3.8) is 0 Å². The third kappa shape index (κ3) is 6.48. The van der Waals surface area contributed by atoms with Crippen LogP contribution in [0.25, 0.3) is 6.08 Å². The smallest absolute Gasteiger partial charge is 0.335 e. The molecule has 0 fully saturated rings. The van der Waals surface area contributed by atoms with E-state index in [4.69, 9.17) is 16.3 Å². The van der Waals surface area contributed by atoms with Crippen molar-refractivity contribution in [2.45, 2.75) is 45.3 Å². The van der Waals surface area contributed by atoms with Crippen molar-refractivity contribution in [2.75, 3.05) is 6.61 Å². The number of aliphatic hydroxyl groups excluding tert-OH is 2. The third-order valence-electron chi connectivity index (χ3n) is 4.17. The van der Waals surface area contributed by atoms with E-state index in [1.165, 1.54) is 12.1 Å². The second kappa shape index (κ2) is 11.0. The minimum absolute atomic E-state index is 0.0994. The van der Waals surface area contributed by atoms with Crippen LogP contribution in [0.15, 0.2) is 36.4 Å². The Morgan fingerprint density at radius 1 is 1.35 bits per heavy atom. The monoisotopic (exact) mass is 382 g/mol. The lowest BCUT2D eigenvalue weighted by Gasteiger charge is -2.23.